The molecule has 1 heterocycles. The van der Waals surface area contributed by atoms with Crippen LogP contribution in [0.1, 0.15) is 271 Å². The Kier molecular flexibility index (Phi) is 48.9. The maximum atomic E-state index is 13.4. The maximum Gasteiger partial charge on any atom is 0.306 e. The summed E-state index contributed by atoms with van der Waals surface area (Å²) in [5.74, 6) is -1.22. The first-order valence-corrected chi connectivity index (χ1v) is 31.1. The number of hydrogen-bond donors (Lipinski definition) is 6. The van der Waals surface area contributed by atoms with Gasteiger partial charge in [-0.2, -0.15) is 0 Å². The van der Waals surface area contributed by atoms with E-state index < -0.39 is 67.4 Å². The molecule has 11 nitrogen and oxygen atoms in total. The van der Waals surface area contributed by atoms with E-state index in [9.17, 15) is 35.1 Å². The van der Waals surface area contributed by atoms with E-state index in [1.54, 1.807) is 6.08 Å². The van der Waals surface area contributed by atoms with Crippen LogP contribution in [0.15, 0.2) is 60.8 Å². The average molecular weight is 1060 g/mol. The van der Waals surface area contributed by atoms with Crippen molar-refractivity contribution in [3.8, 4) is 0 Å². The van der Waals surface area contributed by atoms with Crippen LogP contribution in [0.5, 0.6) is 0 Å². The fraction of sp³-hybridized carbons (Fsp3) is 0.812. The predicted molar refractivity (Wildman–Crippen MR) is 310 cm³/mol. The van der Waals surface area contributed by atoms with Crippen molar-refractivity contribution in [1.29, 1.82) is 0 Å². The zero-order chi connectivity index (χ0) is 54.7. The summed E-state index contributed by atoms with van der Waals surface area (Å²) in [6, 6.07) is -1.03. The van der Waals surface area contributed by atoms with Gasteiger partial charge in [-0.1, -0.05) is 236 Å². The van der Waals surface area contributed by atoms with E-state index in [0.29, 0.717) is 12.8 Å². The molecule has 75 heavy (non-hydrogen) atoms. The number of nitrogens with one attached hydrogen (secondary N) is 1. The molecule has 1 amide bonds. The number of rotatable bonds is 52. The third kappa shape index (κ3) is 40.2. The van der Waals surface area contributed by atoms with Crippen molar-refractivity contribution in [3.63, 3.8) is 0 Å². The molecule has 0 radical (unpaired) electrons. The van der Waals surface area contributed by atoms with Crippen molar-refractivity contribution in [1.82, 2.24) is 5.32 Å². The molecule has 11 heteroatoms. The predicted octanol–water partition coefficient (Wildman–Crippen LogP) is 14.6. The number of esters is 1. The van der Waals surface area contributed by atoms with Gasteiger partial charge in [0.2, 0.25) is 5.91 Å². The fourth-order valence-corrected chi connectivity index (χ4v) is 9.42. The van der Waals surface area contributed by atoms with Gasteiger partial charge in [0.25, 0.3) is 0 Å². The lowest BCUT2D eigenvalue weighted by Gasteiger charge is -2.41. The van der Waals surface area contributed by atoms with Crippen molar-refractivity contribution < 1.29 is 49.3 Å². The quantitative estimate of drug-likeness (QED) is 0.0195. The van der Waals surface area contributed by atoms with Gasteiger partial charge in [0.15, 0.2) is 12.4 Å². The molecule has 0 bridgehead atoms. The highest BCUT2D eigenvalue weighted by Crippen LogP contribution is 2.26. The number of hydrogen-bond acceptors (Lipinski definition) is 10. The molecule has 1 aliphatic rings. The van der Waals surface area contributed by atoms with Crippen LogP contribution in [0.3, 0.4) is 0 Å². The van der Waals surface area contributed by atoms with Crippen LogP contribution in [-0.4, -0.2) is 99.6 Å². The molecule has 6 N–H and O–H groups in total. The minimum atomic E-state index is -1.62. The molecule has 8 unspecified atom stereocenters. The molecule has 1 rings (SSSR count). The molecule has 8 atom stereocenters. The minimum Gasteiger partial charge on any atom is -0.454 e. The summed E-state index contributed by atoms with van der Waals surface area (Å²) >= 11 is 0. The van der Waals surface area contributed by atoms with Gasteiger partial charge in [-0.3, -0.25) is 9.59 Å². The van der Waals surface area contributed by atoms with Crippen LogP contribution in [0.4, 0.5) is 0 Å². The number of ether oxygens (including phenoxy) is 3. The number of carbonyl (C=O) groups excluding carboxylic acids is 2. The van der Waals surface area contributed by atoms with E-state index in [2.05, 4.69) is 74.7 Å². The maximum absolute atomic E-state index is 13.4. The van der Waals surface area contributed by atoms with Crippen LogP contribution in [0.25, 0.3) is 0 Å². The molecule has 0 spiro atoms. The number of amides is 1. The smallest absolute Gasteiger partial charge is 0.306 e. The lowest BCUT2D eigenvalue weighted by atomic mass is 9.99. The van der Waals surface area contributed by atoms with E-state index >= 15 is 0 Å². The number of aliphatic hydroxyl groups is 5. The molecule has 436 valence electrons. The molecular formula is C64H115NO10. The Balaban J connectivity index is 2.69. The first-order chi connectivity index (χ1) is 36.7. The largest absolute Gasteiger partial charge is 0.454 e. The molecule has 0 aromatic carbocycles. The Morgan fingerprint density at radius 2 is 0.920 bits per heavy atom. The highest BCUT2D eigenvalue weighted by molar-refractivity contribution is 5.80. The number of unbranched alkanes of at least 4 members (excludes halogenated alkanes) is 30. The monoisotopic (exact) mass is 1060 g/mol. The first-order valence-electron chi connectivity index (χ1n) is 31.1. The Morgan fingerprint density at radius 3 is 1.41 bits per heavy atom. The van der Waals surface area contributed by atoms with Crippen molar-refractivity contribution in [2.75, 3.05) is 13.2 Å². The summed E-state index contributed by atoms with van der Waals surface area (Å²) in [4.78, 5) is 26.5. The number of carbonyl (C=O) groups is 2. The van der Waals surface area contributed by atoms with E-state index in [-0.39, 0.29) is 19.4 Å². The molecule has 1 aliphatic heterocycles. The SMILES string of the molecule is CCCCC/C=C\C/C=C\C/C=C\CCCCCCCCCC(O)C(=O)NC(COC1OC(CO)C(O)C(O)C1OC(=O)CCCCC/C=C\CCCCCCCCC)C(O)/C=C/CCCCCCCCCCCC. The molecule has 0 aromatic heterocycles. The second kappa shape index (κ2) is 52.1. The normalized spacial score (nSPS) is 19.6. The zero-order valence-electron chi connectivity index (χ0n) is 48.2. The van der Waals surface area contributed by atoms with E-state index in [1.807, 2.05) is 6.08 Å². The summed E-state index contributed by atoms with van der Waals surface area (Å²) in [6.45, 7) is 5.74. The topological polar surface area (TPSA) is 175 Å². The third-order valence-electron chi connectivity index (χ3n) is 14.4. The van der Waals surface area contributed by atoms with E-state index in [4.69, 9.17) is 14.2 Å². The van der Waals surface area contributed by atoms with E-state index in [1.165, 1.54) is 135 Å². The van der Waals surface area contributed by atoms with Gasteiger partial charge in [-0.05, 0) is 89.9 Å². The van der Waals surface area contributed by atoms with Crippen LogP contribution >= 0.6 is 0 Å². The van der Waals surface area contributed by atoms with Crippen LogP contribution in [0, 0.1) is 0 Å². The second-order valence-corrected chi connectivity index (χ2v) is 21.4. The van der Waals surface area contributed by atoms with Gasteiger partial charge < -0.3 is 45.1 Å². The average Bonchev–Trinajstić information content (AvgIpc) is 3.41. The lowest BCUT2D eigenvalue weighted by Crippen LogP contribution is -2.61. The van der Waals surface area contributed by atoms with Crippen LogP contribution in [0.2, 0.25) is 0 Å². The van der Waals surface area contributed by atoms with Crippen molar-refractivity contribution >= 4 is 11.9 Å². The molecule has 0 aromatic rings. The van der Waals surface area contributed by atoms with Gasteiger partial charge >= 0.3 is 5.97 Å². The summed E-state index contributed by atoms with van der Waals surface area (Å²) in [7, 11) is 0. The lowest BCUT2D eigenvalue weighted by molar-refractivity contribution is -0.305. The van der Waals surface area contributed by atoms with Crippen LogP contribution in [-0.2, 0) is 23.8 Å². The van der Waals surface area contributed by atoms with Crippen LogP contribution < -0.4 is 5.32 Å². The molecule has 1 saturated heterocycles. The van der Waals surface area contributed by atoms with E-state index in [0.717, 1.165) is 89.9 Å². The van der Waals surface area contributed by atoms with Gasteiger partial charge in [-0.15, -0.1) is 0 Å². The molecule has 0 aliphatic carbocycles. The van der Waals surface area contributed by atoms with Gasteiger partial charge in [-0.25, -0.2) is 0 Å². The molecule has 0 saturated carbocycles. The summed E-state index contributed by atoms with van der Waals surface area (Å²) in [5.41, 5.74) is 0. The Bertz CT molecular complexity index is 1450. The number of allylic oxidation sites excluding steroid dienone is 9. The minimum absolute atomic E-state index is 0.102. The second-order valence-electron chi connectivity index (χ2n) is 21.4. The Morgan fingerprint density at radius 1 is 0.520 bits per heavy atom. The third-order valence-corrected chi connectivity index (χ3v) is 14.4. The Hall–Kier alpha value is -2.64. The Labute approximate surface area is 458 Å². The van der Waals surface area contributed by atoms with Crippen molar-refractivity contribution in [2.24, 2.45) is 0 Å². The summed E-state index contributed by atoms with van der Waals surface area (Å²) < 4.78 is 17.6. The summed E-state index contributed by atoms with van der Waals surface area (Å²) in [5, 5.41) is 56.9. The molecular weight excluding hydrogens is 943 g/mol. The highest BCUT2D eigenvalue weighted by atomic mass is 16.7. The first kappa shape index (κ1) is 70.4. The van der Waals surface area contributed by atoms with Crippen molar-refractivity contribution in [3.05, 3.63) is 60.8 Å². The molecule has 1 fully saturated rings. The fourth-order valence-electron chi connectivity index (χ4n) is 9.42. The van der Waals surface area contributed by atoms with Gasteiger partial charge in [0.1, 0.15) is 24.4 Å². The highest BCUT2D eigenvalue weighted by Gasteiger charge is 2.47. The number of aliphatic hydroxyl groups excluding tert-OH is 5. The standard InChI is InChI=1S/C64H115NO10/c1-4-7-10-13-16-19-22-25-27-28-29-30-31-32-33-36-39-42-45-48-51-57(68)63(72)65-55(56(67)50-47-44-41-38-35-24-21-18-15-12-9-6-3)54-73-64-62(61(71)60(70)58(53-66)74-64)75-59(69)52-49-46-43-40-37-34-26-23-20-17-14-11-8-5-2/h16,19,25,27,29-30,34,37,47,50,55-58,60-62,64,66-68,70-71H,4-15,17-18,20-24,26,28,31-33,35-36,38-46,48-49,51-54H2,1-3H3,(H,65,72)/b19-16-,27-25-,30-29-,37-34-,50-47+. The summed E-state index contributed by atoms with van der Waals surface area (Å²) in [6.07, 6.45) is 54.0. The van der Waals surface area contributed by atoms with Crippen molar-refractivity contribution in [2.45, 2.75) is 320 Å². The van der Waals surface area contributed by atoms with Gasteiger partial charge in [0.05, 0.1) is 25.4 Å². The zero-order valence-corrected chi connectivity index (χ0v) is 48.2. The van der Waals surface area contributed by atoms with Gasteiger partial charge in [0, 0.05) is 6.42 Å².